The minimum absolute atomic E-state index is 0.986. The molecule has 0 spiro atoms. The molecule has 0 saturated carbocycles. The van der Waals surface area contributed by atoms with Crippen molar-refractivity contribution >= 4 is 29.2 Å². The number of nitrogen functional groups attached to an aromatic ring is 1. The van der Waals surface area contributed by atoms with Crippen molar-refractivity contribution in [2.24, 2.45) is 5.84 Å². The smallest absolute Gasteiger partial charge is 0.0621 e. The molecule has 0 radical (unpaired) electrons. The molecule has 0 unspecified atom stereocenters. The molecular weight excluding hydrogens is 188 g/mol. The molecule has 12 heavy (non-hydrogen) atoms. The zero-order chi connectivity index (χ0) is 8.97. The van der Waals surface area contributed by atoms with Crippen LogP contribution in [0.15, 0.2) is 28.0 Å². The van der Waals surface area contributed by atoms with Gasteiger partial charge in [0.2, 0.25) is 0 Å². The van der Waals surface area contributed by atoms with E-state index in [0.717, 1.165) is 5.69 Å². The van der Waals surface area contributed by atoms with Crippen LogP contribution in [0.1, 0.15) is 0 Å². The number of hydrazine groups is 1. The molecule has 0 amide bonds. The zero-order valence-corrected chi connectivity index (χ0v) is 8.76. The van der Waals surface area contributed by atoms with E-state index < -0.39 is 0 Å². The number of nitrogens with one attached hydrogen (secondary N) is 1. The molecule has 0 atom stereocenters. The minimum atomic E-state index is 0.986. The van der Waals surface area contributed by atoms with Crippen LogP contribution in [0.5, 0.6) is 0 Å². The third kappa shape index (κ3) is 2.09. The summed E-state index contributed by atoms with van der Waals surface area (Å²) in [4.78, 5) is 2.45. The number of anilines is 1. The van der Waals surface area contributed by atoms with Crippen molar-refractivity contribution < 1.29 is 0 Å². The maximum atomic E-state index is 5.35. The molecule has 2 nitrogen and oxygen atoms in total. The van der Waals surface area contributed by atoms with Crippen molar-refractivity contribution in [3.05, 3.63) is 18.2 Å². The van der Waals surface area contributed by atoms with Gasteiger partial charge in [-0.3, -0.25) is 5.84 Å². The highest BCUT2D eigenvalue weighted by Gasteiger charge is 2.00. The summed E-state index contributed by atoms with van der Waals surface area (Å²) in [5.41, 5.74) is 3.65. The van der Waals surface area contributed by atoms with E-state index in [9.17, 15) is 0 Å². The van der Waals surface area contributed by atoms with E-state index in [4.69, 9.17) is 5.84 Å². The van der Waals surface area contributed by atoms with Crippen LogP contribution in [-0.2, 0) is 0 Å². The Balaban J connectivity index is 3.02. The quantitative estimate of drug-likeness (QED) is 0.446. The first-order valence-corrected chi connectivity index (χ1v) is 5.95. The molecule has 1 aromatic rings. The monoisotopic (exact) mass is 200 g/mol. The van der Waals surface area contributed by atoms with Gasteiger partial charge in [-0.2, -0.15) is 0 Å². The molecule has 0 bridgehead atoms. The maximum Gasteiger partial charge on any atom is 0.0621 e. The molecule has 0 fully saturated rings. The lowest BCUT2D eigenvalue weighted by Crippen LogP contribution is -2.07. The number of hydrogen-bond donors (Lipinski definition) is 2. The lowest BCUT2D eigenvalue weighted by molar-refractivity contribution is 1.25. The van der Waals surface area contributed by atoms with E-state index in [1.54, 1.807) is 23.5 Å². The Morgan fingerprint density at radius 2 is 2.00 bits per heavy atom. The van der Waals surface area contributed by atoms with Crippen LogP contribution in [-0.4, -0.2) is 12.5 Å². The summed E-state index contributed by atoms with van der Waals surface area (Å²) in [6.07, 6.45) is 4.11. The average Bonchev–Trinajstić information content (AvgIpc) is 2.16. The zero-order valence-electron chi connectivity index (χ0n) is 7.13. The molecule has 4 heteroatoms. The molecular formula is C8H12N2S2. The van der Waals surface area contributed by atoms with Crippen molar-refractivity contribution in [1.82, 2.24) is 0 Å². The molecule has 1 aromatic carbocycles. The fourth-order valence-electron chi connectivity index (χ4n) is 0.918. The van der Waals surface area contributed by atoms with Gasteiger partial charge >= 0.3 is 0 Å². The van der Waals surface area contributed by atoms with E-state index >= 15 is 0 Å². The number of hydrogen-bond acceptors (Lipinski definition) is 4. The highest BCUT2D eigenvalue weighted by molar-refractivity contribution is 7.99. The van der Waals surface area contributed by atoms with Gasteiger partial charge in [0, 0.05) is 9.79 Å². The van der Waals surface area contributed by atoms with Gasteiger partial charge in [0.1, 0.15) is 0 Å². The highest BCUT2D eigenvalue weighted by atomic mass is 32.2. The Labute approximate surface area is 81.3 Å². The molecule has 1 rings (SSSR count). The van der Waals surface area contributed by atoms with Gasteiger partial charge in [0.15, 0.2) is 0 Å². The first-order valence-electron chi connectivity index (χ1n) is 3.50. The summed E-state index contributed by atoms with van der Waals surface area (Å²) in [5.74, 6) is 5.35. The Kier molecular flexibility index (Phi) is 3.78. The van der Waals surface area contributed by atoms with Gasteiger partial charge in [0.05, 0.1) is 5.69 Å². The van der Waals surface area contributed by atoms with Gasteiger partial charge in [-0.15, -0.1) is 23.5 Å². The van der Waals surface area contributed by atoms with E-state index in [1.807, 2.05) is 12.3 Å². The standard InChI is InChI=1S/C8H12N2S2/c1-11-6-3-4-7(10-9)8(5-6)12-2/h3-5,10H,9H2,1-2H3. The van der Waals surface area contributed by atoms with Crippen molar-refractivity contribution in [2.75, 3.05) is 17.9 Å². The lowest BCUT2D eigenvalue weighted by atomic mass is 10.3. The van der Waals surface area contributed by atoms with Gasteiger partial charge in [-0.05, 0) is 30.7 Å². The Hall–Kier alpha value is -0.320. The Morgan fingerprint density at radius 3 is 2.50 bits per heavy atom. The molecule has 0 heterocycles. The molecule has 0 aliphatic heterocycles. The van der Waals surface area contributed by atoms with E-state index in [0.29, 0.717) is 0 Å². The molecule has 0 saturated heterocycles. The Bertz CT molecular complexity index is 263. The predicted octanol–water partition coefficient (Wildman–Crippen LogP) is 2.42. The van der Waals surface area contributed by atoms with Gasteiger partial charge < -0.3 is 5.43 Å². The van der Waals surface area contributed by atoms with Crippen molar-refractivity contribution in [2.45, 2.75) is 9.79 Å². The second-order valence-electron chi connectivity index (χ2n) is 2.21. The third-order valence-corrected chi connectivity index (χ3v) is 3.07. The SMILES string of the molecule is CSc1ccc(NN)c(SC)c1. The fraction of sp³-hybridized carbons (Fsp3) is 0.250. The van der Waals surface area contributed by atoms with Gasteiger partial charge in [-0.1, -0.05) is 0 Å². The summed E-state index contributed by atoms with van der Waals surface area (Å²) in [5, 5.41) is 0. The molecule has 0 aliphatic rings. The largest absolute Gasteiger partial charge is 0.323 e. The summed E-state index contributed by atoms with van der Waals surface area (Å²) >= 11 is 3.43. The van der Waals surface area contributed by atoms with Crippen molar-refractivity contribution in [1.29, 1.82) is 0 Å². The van der Waals surface area contributed by atoms with Crippen LogP contribution in [0.25, 0.3) is 0 Å². The fourth-order valence-corrected chi connectivity index (χ4v) is 2.02. The van der Waals surface area contributed by atoms with Crippen LogP contribution in [0.4, 0.5) is 5.69 Å². The van der Waals surface area contributed by atoms with Crippen LogP contribution >= 0.6 is 23.5 Å². The number of thioether (sulfide) groups is 2. The summed E-state index contributed by atoms with van der Waals surface area (Å²) in [7, 11) is 0. The van der Waals surface area contributed by atoms with E-state index in [2.05, 4.69) is 23.8 Å². The topological polar surface area (TPSA) is 38.0 Å². The first-order chi connectivity index (χ1) is 5.81. The summed E-state index contributed by atoms with van der Waals surface area (Å²) in [6.45, 7) is 0. The maximum absolute atomic E-state index is 5.35. The molecule has 3 N–H and O–H groups in total. The second kappa shape index (κ2) is 4.64. The number of benzene rings is 1. The molecule has 0 aromatic heterocycles. The highest BCUT2D eigenvalue weighted by Crippen LogP contribution is 2.28. The van der Waals surface area contributed by atoms with Gasteiger partial charge in [0.25, 0.3) is 0 Å². The van der Waals surface area contributed by atoms with Crippen LogP contribution in [0, 0.1) is 0 Å². The Morgan fingerprint density at radius 1 is 1.25 bits per heavy atom. The average molecular weight is 200 g/mol. The van der Waals surface area contributed by atoms with Crippen LogP contribution in [0.3, 0.4) is 0 Å². The normalized spacial score (nSPS) is 9.92. The first kappa shape index (κ1) is 9.77. The number of nitrogens with two attached hydrogens (primary N) is 1. The van der Waals surface area contributed by atoms with E-state index in [1.165, 1.54) is 9.79 Å². The van der Waals surface area contributed by atoms with Crippen molar-refractivity contribution in [3.8, 4) is 0 Å². The van der Waals surface area contributed by atoms with Crippen LogP contribution in [0.2, 0.25) is 0 Å². The van der Waals surface area contributed by atoms with E-state index in [-0.39, 0.29) is 0 Å². The minimum Gasteiger partial charge on any atom is -0.323 e. The number of rotatable bonds is 3. The molecule has 66 valence electrons. The summed E-state index contributed by atoms with van der Waals surface area (Å²) in [6, 6.07) is 6.18. The second-order valence-corrected chi connectivity index (χ2v) is 3.94. The van der Waals surface area contributed by atoms with Crippen LogP contribution < -0.4 is 11.3 Å². The van der Waals surface area contributed by atoms with Gasteiger partial charge in [-0.25, -0.2) is 0 Å². The van der Waals surface area contributed by atoms with Crippen molar-refractivity contribution in [3.63, 3.8) is 0 Å². The predicted molar refractivity (Wildman–Crippen MR) is 57.8 cm³/mol. The summed E-state index contributed by atoms with van der Waals surface area (Å²) < 4.78 is 0. The molecule has 0 aliphatic carbocycles. The lowest BCUT2D eigenvalue weighted by Gasteiger charge is -2.07. The third-order valence-electron chi connectivity index (χ3n) is 1.56.